The third kappa shape index (κ3) is 6.63. The molecule has 0 spiro atoms. The van der Waals surface area contributed by atoms with Crippen molar-refractivity contribution in [2.75, 3.05) is 6.26 Å². The van der Waals surface area contributed by atoms with Gasteiger partial charge >= 0.3 is 5.97 Å². The number of hydrogen-bond donors (Lipinski definition) is 3. The fourth-order valence-corrected chi connectivity index (χ4v) is 2.06. The summed E-state index contributed by atoms with van der Waals surface area (Å²) in [4.78, 5) is 36.6. The first-order valence-corrected chi connectivity index (χ1v) is 8.07. The summed E-state index contributed by atoms with van der Waals surface area (Å²) in [6.07, 6.45) is -0.305. The summed E-state index contributed by atoms with van der Waals surface area (Å²) in [6.45, 7) is 2.64. The van der Waals surface area contributed by atoms with E-state index < -0.39 is 57.3 Å². The van der Waals surface area contributed by atoms with E-state index in [1.165, 1.54) is 13.8 Å². The number of aliphatic imine (C=N–C) groups is 1. The molecule has 0 aromatic rings. The van der Waals surface area contributed by atoms with Gasteiger partial charge in [-0.3, -0.25) is 14.4 Å². The Labute approximate surface area is 127 Å². The molecule has 0 radical (unpaired) electrons. The third-order valence-electron chi connectivity index (χ3n) is 2.53. The second-order valence-electron chi connectivity index (χ2n) is 4.72. The Hall–Kier alpha value is -2.01. The second-order valence-corrected chi connectivity index (χ2v) is 6.95. The van der Waals surface area contributed by atoms with Crippen LogP contribution in [-0.2, 0) is 24.2 Å². The number of nitrogens with two attached hydrogens (primary N) is 1. The predicted molar refractivity (Wildman–Crippen MR) is 74.6 cm³/mol. The van der Waals surface area contributed by atoms with Crippen LogP contribution in [0.25, 0.3) is 0 Å². The lowest BCUT2D eigenvalue weighted by Gasteiger charge is -2.21. The van der Waals surface area contributed by atoms with Gasteiger partial charge in [0.15, 0.2) is 15.1 Å². The number of carbonyl (C=O) groups is 3. The first-order valence-electron chi connectivity index (χ1n) is 6.12. The van der Waals surface area contributed by atoms with E-state index >= 15 is 0 Å². The van der Waals surface area contributed by atoms with Crippen LogP contribution in [0, 0.1) is 0 Å². The SMILES string of the molecule is C[C@H](N)C(=O)N[C@@H](C)C([O-])=NC(=O)CC(C(=O)O)S(C)(=O)=O. The van der Waals surface area contributed by atoms with E-state index in [-0.39, 0.29) is 0 Å². The van der Waals surface area contributed by atoms with Crippen molar-refractivity contribution in [2.24, 2.45) is 10.7 Å². The van der Waals surface area contributed by atoms with Gasteiger partial charge in [-0.1, -0.05) is 0 Å². The van der Waals surface area contributed by atoms with Crippen molar-refractivity contribution < 1.29 is 33.0 Å². The highest BCUT2D eigenvalue weighted by Crippen LogP contribution is 2.06. The summed E-state index contributed by atoms with van der Waals surface area (Å²) in [6, 6.07) is -2.02. The minimum atomic E-state index is -4.02. The summed E-state index contributed by atoms with van der Waals surface area (Å²) in [7, 11) is -4.02. The molecule has 0 rings (SSSR count). The maximum absolute atomic E-state index is 11.6. The molecular weight excluding hydrogens is 318 g/mol. The van der Waals surface area contributed by atoms with Crippen LogP contribution in [0.5, 0.6) is 0 Å². The van der Waals surface area contributed by atoms with Crippen LogP contribution in [0.15, 0.2) is 4.99 Å². The van der Waals surface area contributed by atoms with Gasteiger partial charge in [0.25, 0.3) is 0 Å². The topological polar surface area (TPSA) is 179 Å². The molecule has 0 bridgehead atoms. The van der Waals surface area contributed by atoms with Crippen LogP contribution < -0.4 is 16.2 Å². The van der Waals surface area contributed by atoms with E-state index in [0.29, 0.717) is 6.26 Å². The highest BCUT2D eigenvalue weighted by atomic mass is 32.2. The summed E-state index contributed by atoms with van der Waals surface area (Å²) in [5.74, 6) is -4.58. The Kier molecular flexibility index (Phi) is 7.13. The molecule has 4 N–H and O–H groups in total. The zero-order chi connectivity index (χ0) is 17.7. The summed E-state index contributed by atoms with van der Waals surface area (Å²) in [5.41, 5.74) is 5.28. The maximum Gasteiger partial charge on any atom is 0.322 e. The molecule has 2 amide bonds. The minimum absolute atomic E-state index is 0.636. The van der Waals surface area contributed by atoms with Crippen LogP contribution in [0.3, 0.4) is 0 Å². The van der Waals surface area contributed by atoms with Gasteiger partial charge < -0.3 is 21.3 Å². The number of nitrogens with one attached hydrogen (secondary N) is 1. The molecule has 0 aliphatic carbocycles. The van der Waals surface area contributed by atoms with Crippen LogP contribution in [0.2, 0.25) is 0 Å². The van der Waals surface area contributed by atoms with Crippen molar-refractivity contribution in [2.45, 2.75) is 37.6 Å². The summed E-state index contributed by atoms with van der Waals surface area (Å²) in [5, 5.41) is 20.5. The number of amides is 2. The van der Waals surface area contributed by atoms with Crippen molar-refractivity contribution in [3.05, 3.63) is 0 Å². The standard InChI is InChI=1S/C11H19N3O7S/c1-5(12)9(16)13-6(2)10(17)14-8(15)4-7(11(18)19)22(3,20)21/h5-7H,4,12H2,1-3H3,(H,13,16)(H,18,19)(H,14,15,17)/p-1/t5-,6-,7?/m0/s1. The highest BCUT2D eigenvalue weighted by molar-refractivity contribution is 7.92. The molecule has 0 aliphatic heterocycles. The molecule has 0 saturated heterocycles. The maximum atomic E-state index is 11.6. The van der Waals surface area contributed by atoms with E-state index in [2.05, 4.69) is 10.3 Å². The van der Waals surface area contributed by atoms with Crippen molar-refractivity contribution >= 4 is 33.5 Å². The van der Waals surface area contributed by atoms with Crippen LogP contribution in [-0.4, -0.2) is 60.8 Å². The van der Waals surface area contributed by atoms with Crippen molar-refractivity contribution in [1.82, 2.24) is 5.32 Å². The van der Waals surface area contributed by atoms with E-state index in [4.69, 9.17) is 10.8 Å². The third-order valence-corrected chi connectivity index (χ3v) is 3.93. The average molecular weight is 336 g/mol. The van der Waals surface area contributed by atoms with E-state index in [9.17, 15) is 27.9 Å². The monoisotopic (exact) mass is 336 g/mol. The number of hydrogen-bond acceptors (Lipinski definition) is 7. The Morgan fingerprint density at radius 3 is 2.18 bits per heavy atom. The van der Waals surface area contributed by atoms with Crippen molar-refractivity contribution in [1.29, 1.82) is 0 Å². The minimum Gasteiger partial charge on any atom is -0.860 e. The highest BCUT2D eigenvalue weighted by Gasteiger charge is 2.31. The molecule has 22 heavy (non-hydrogen) atoms. The second kappa shape index (κ2) is 7.84. The first-order chi connectivity index (χ1) is 9.86. The van der Waals surface area contributed by atoms with Gasteiger partial charge in [0.2, 0.25) is 11.8 Å². The molecule has 0 aromatic carbocycles. The number of aliphatic carboxylic acids is 1. The van der Waals surface area contributed by atoms with Crippen LogP contribution in [0.4, 0.5) is 0 Å². The van der Waals surface area contributed by atoms with Crippen molar-refractivity contribution in [3.8, 4) is 0 Å². The van der Waals surface area contributed by atoms with Gasteiger partial charge in [0.05, 0.1) is 18.5 Å². The van der Waals surface area contributed by atoms with Gasteiger partial charge in [-0.15, -0.1) is 0 Å². The van der Waals surface area contributed by atoms with Gasteiger partial charge in [-0.05, 0) is 19.7 Å². The number of carbonyl (C=O) groups excluding carboxylic acids is 2. The fraction of sp³-hybridized carbons (Fsp3) is 0.636. The first kappa shape index (κ1) is 20.0. The van der Waals surface area contributed by atoms with Crippen LogP contribution >= 0.6 is 0 Å². The average Bonchev–Trinajstić information content (AvgIpc) is 2.33. The Morgan fingerprint density at radius 1 is 1.32 bits per heavy atom. The molecule has 10 nitrogen and oxygen atoms in total. The zero-order valence-electron chi connectivity index (χ0n) is 12.3. The summed E-state index contributed by atoms with van der Waals surface area (Å²) < 4.78 is 22.4. The fourth-order valence-electron chi connectivity index (χ4n) is 1.25. The number of carboxylic acid groups (broad SMARTS) is 1. The quantitative estimate of drug-likeness (QED) is 0.325. The predicted octanol–water partition coefficient (Wildman–Crippen LogP) is -2.99. The largest absolute Gasteiger partial charge is 0.860 e. The Morgan fingerprint density at radius 2 is 1.82 bits per heavy atom. The molecule has 0 aromatic heterocycles. The molecule has 3 atom stereocenters. The molecule has 11 heteroatoms. The number of nitrogens with zero attached hydrogens (tertiary/aromatic N) is 1. The number of carboxylic acids is 1. The number of sulfone groups is 1. The van der Waals surface area contributed by atoms with Crippen LogP contribution in [0.1, 0.15) is 20.3 Å². The van der Waals surface area contributed by atoms with E-state index in [1.54, 1.807) is 0 Å². The van der Waals surface area contributed by atoms with Gasteiger partial charge in [0, 0.05) is 6.26 Å². The lowest BCUT2D eigenvalue weighted by Crippen LogP contribution is -2.49. The molecule has 126 valence electrons. The lowest BCUT2D eigenvalue weighted by atomic mass is 10.2. The van der Waals surface area contributed by atoms with Crippen molar-refractivity contribution in [3.63, 3.8) is 0 Å². The molecule has 0 aliphatic rings. The molecule has 0 heterocycles. The summed E-state index contributed by atoms with van der Waals surface area (Å²) >= 11 is 0. The smallest absolute Gasteiger partial charge is 0.322 e. The lowest BCUT2D eigenvalue weighted by molar-refractivity contribution is -0.221. The molecule has 0 fully saturated rings. The normalized spacial score (nSPS) is 16.5. The Balaban J connectivity index is 4.94. The zero-order valence-corrected chi connectivity index (χ0v) is 13.1. The van der Waals surface area contributed by atoms with E-state index in [0.717, 1.165) is 0 Å². The number of rotatable bonds is 7. The molecule has 1 unspecified atom stereocenters. The van der Waals surface area contributed by atoms with Gasteiger partial charge in [-0.25, -0.2) is 13.4 Å². The van der Waals surface area contributed by atoms with E-state index in [1.807, 2.05) is 0 Å². The Bertz CT molecular complexity index is 582. The van der Waals surface area contributed by atoms with Gasteiger partial charge in [-0.2, -0.15) is 0 Å². The molecule has 0 saturated carbocycles. The van der Waals surface area contributed by atoms with Gasteiger partial charge in [0.1, 0.15) is 0 Å². The molecular formula is C11H18N3O7S-.